The molecule has 0 aliphatic rings. The molecule has 9 nitrogen and oxygen atoms in total. The number of aromatic nitrogens is 3. The van der Waals surface area contributed by atoms with Crippen LogP contribution in [0.3, 0.4) is 0 Å². The van der Waals surface area contributed by atoms with E-state index in [0.29, 0.717) is 5.69 Å². The van der Waals surface area contributed by atoms with Crippen molar-refractivity contribution in [3.05, 3.63) is 35.7 Å². The van der Waals surface area contributed by atoms with Gasteiger partial charge in [0.05, 0.1) is 25.1 Å². The van der Waals surface area contributed by atoms with Gasteiger partial charge in [-0.05, 0) is 31.2 Å². The van der Waals surface area contributed by atoms with Crippen molar-refractivity contribution < 1.29 is 24.2 Å². The van der Waals surface area contributed by atoms with Crippen molar-refractivity contribution in [2.75, 3.05) is 26.9 Å². The normalized spacial score (nSPS) is 10.4. The average Bonchev–Trinajstić information content (AvgIpc) is 2.96. The first-order valence-electron chi connectivity index (χ1n) is 7.17. The third kappa shape index (κ3) is 4.29. The lowest BCUT2D eigenvalue weighted by Crippen LogP contribution is -2.28. The lowest BCUT2D eigenvalue weighted by molar-refractivity contribution is -0.142. The number of hydrogen-bond donors (Lipinski definition) is 2. The molecule has 0 unspecified atom stereocenters. The SMILES string of the molecule is COc1ccc(-n2nnc(C(=O)NCCOCC(=O)O)c2C)cc1. The van der Waals surface area contributed by atoms with Gasteiger partial charge in [0.15, 0.2) is 5.69 Å². The van der Waals surface area contributed by atoms with Crippen LogP contribution in [0, 0.1) is 6.92 Å². The fourth-order valence-electron chi connectivity index (χ4n) is 1.99. The van der Waals surface area contributed by atoms with Crippen LogP contribution >= 0.6 is 0 Å². The lowest BCUT2D eigenvalue weighted by Gasteiger charge is -2.06. The van der Waals surface area contributed by atoms with E-state index in [-0.39, 0.29) is 18.8 Å². The van der Waals surface area contributed by atoms with Crippen LogP contribution in [0.2, 0.25) is 0 Å². The Kier molecular flexibility index (Phi) is 5.85. The first kappa shape index (κ1) is 17.4. The zero-order valence-corrected chi connectivity index (χ0v) is 13.4. The standard InChI is InChI=1S/C15H18N4O5/c1-10-14(15(22)16-7-8-24-9-13(20)21)17-18-19(10)11-3-5-12(23-2)6-4-11/h3-6H,7-9H2,1-2H3,(H,16,22)(H,20,21). The van der Waals surface area contributed by atoms with Crippen molar-refractivity contribution in [2.45, 2.75) is 6.92 Å². The minimum Gasteiger partial charge on any atom is -0.497 e. The number of carbonyl (C=O) groups is 2. The van der Waals surface area contributed by atoms with Crippen LogP contribution in [0.5, 0.6) is 5.75 Å². The van der Waals surface area contributed by atoms with E-state index in [0.717, 1.165) is 11.4 Å². The van der Waals surface area contributed by atoms with Crippen LogP contribution in [0.15, 0.2) is 24.3 Å². The average molecular weight is 334 g/mol. The maximum Gasteiger partial charge on any atom is 0.329 e. The van der Waals surface area contributed by atoms with E-state index in [1.165, 1.54) is 0 Å². The number of ether oxygens (including phenoxy) is 2. The molecular weight excluding hydrogens is 316 g/mol. The number of rotatable bonds is 8. The second kappa shape index (κ2) is 8.06. The summed E-state index contributed by atoms with van der Waals surface area (Å²) in [6.07, 6.45) is 0. The quantitative estimate of drug-likeness (QED) is 0.672. The molecule has 0 aliphatic carbocycles. The summed E-state index contributed by atoms with van der Waals surface area (Å²) >= 11 is 0. The largest absolute Gasteiger partial charge is 0.497 e. The topological polar surface area (TPSA) is 116 Å². The third-order valence-corrected chi connectivity index (χ3v) is 3.18. The highest BCUT2D eigenvalue weighted by molar-refractivity contribution is 5.93. The molecule has 0 bridgehead atoms. The summed E-state index contributed by atoms with van der Waals surface area (Å²) in [6.45, 7) is 1.62. The molecule has 1 amide bonds. The van der Waals surface area contributed by atoms with Crippen molar-refractivity contribution in [2.24, 2.45) is 0 Å². The molecule has 0 saturated carbocycles. The number of benzene rings is 1. The second-order valence-electron chi connectivity index (χ2n) is 4.84. The van der Waals surface area contributed by atoms with Crippen LogP contribution in [-0.4, -0.2) is 58.8 Å². The van der Waals surface area contributed by atoms with Crippen LogP contribution in [0.25, 0.3) is 5.69 Å². The number of hydrogen-bond acceptors (Lipinski definition) is 6. The van der Waals surface area contributed by atoms with Gasteiger partial charge < -0.3 is 19.9 Å². The highest BCUT2D eigenvalue weighted by Gasteiger charge is 2.17. The number of carboxylic acid groups (broad SMARTS) is 1. The molecule has 0 atom stereocenters. The number of nitrogens with one attached hydrogen (secondary N) is 1. The smallest absolute Gasteiger partial charge is 0.329 e. The molecule has 2 N–H and O–H groups in total. The lowest BCUT2D eigenvalue weighted by atomic mass is 10.2. The Morgan fingerprint density at radius 2 is 2.00 bits per heavy atom. The van der Waals surface area contributed by atoms with Gasteiger partial charge in [-0.1, -0.05) is 5.21 Å². The first-order chi connectivity index (χ1) is 11.5. The second-order valence-corrected chi connectivity index (χ2v) is 4.84. The molecule has 0 aliphatic heterocycles. The molecule has 1 heterocycles. The highest BCUT2D eigenvalue weighted by Crippen LogP contribution is 2.16. The van der Waals surface area contributed by atoms with Gasteiger partial charge in [-0.15, -0.1) is 5.10 Å². The fourth-order valence-corrected chi connectivity index (χ4v) is 1.99. The first-order valence-corrected chi connectivity index (χ1v) is 7.17. The number of amides is 1. The molecule has 128 valence electrons. The van der Waals surface area contributed by atoms with E-state index < -0.39 is 18.5 Å². The highest BCUT2D eigenvalue weighted by atomic mass is 16.5. The summed E-state index contributed by atoms with van der Waals surface area (Å²) in [5, 5.41) is 18.9. The van der Waals surface area contributed by atoms with Gasteiger partial charge in [-0.3, -0.25) is 4.79 Å². The Balaban J connectivity index is 1.98. The van der Waals surface area contributed by atoms with Crippen LogP contribution in [0.4, 0.5) is 0 Å². The Bertz CT molecular complexity index is 711. The molecule has 2 rings (SSSR count). The maximum atomic E-state index is 12.1. The van der Waals surface area contributed by atoms with Gasteiger partial charge in [-0.25, -0.2) is 9.48 Å². The van der Waals surface area contributed by atoms with Crippen LogP contribution in [0.1, 0.15) is 16.2 Å². The van der Waals surface area contributed by atoms with Crippen LogP contribution < -0.4 is 10.1 Å². The number of carbonyl (C=O) groups excluding carboxylic acids is 1. The van der Waals surface area contributed by atoms with E-state index in [4.69, 9.17) is 14.6 Å². The third-order valence-electron chi connectivity index (χ3n) is 3.18. The summed E-state index contributed by atoms with van der Waals surface area (Å²) in [4.78, 5) is 22.4. The molecule has 1 aromatic carbocycles. The monoisotopic (exact) mass is 334 g/mol. The Labute approximate surface area is 138 Å². The van der Waals surface area contributed by atoms with Gasteiger partial charge >= 0.3 is 5.97 Å². The number of methoxy groups -OCH3 is 1. The minimum atomic E-state index is -1.06. The molecule has 1 aromatic heterocycles. The molecule has 0 saturated heterocycles. The zero-order valence-electron chi connectivity index (χ0n) is 13.4. The van der Waals surface area contributed by atoms with E-state index in [2.05, 4.69) is 15.6 Å². The Hall–Kier alpha value is -2.94. The summed E-state index contributed by atoms with van der Waals surface area (Å²) in [5.74, 6) is -0.735. The zero-order chi connectivity index (χ0) is 17.5. The summed E-state index contributed by atoms with van der Waals surface area (Å²) in [6, 6.07) is 7.19. The van der Waals surface area contributed by atoms with Crippen LogP contribution in [-0.2, 0) is 9.53 Å². The van der Waals surface area contributed by atoms with Crippen molar-refractivity contribution in [3.63, 3.8) is 0 Å². The van der Waals surface area contributed by atoms with Crippen molar-refractivity contribution in [3.8, 4) is 11.4 Å². The van der Waals surface area contributed by atoms with Crippen molar-refractivity contribution in [1.82, 2.24) is 20.3 Å². The molecule has 0 spiro atoms. The minimum absolute atomic E-state index is 0.101. The molecule has 9 heteroatoms. The molecular formula is C15H18N4O5. The Morgan fingerprint density at radius 3 is 2.62 bits per heavy atom. The van der Waals surface area contributed by atoms with Gasteiger partial charge in [0.1, 0.15) is 12.4 Å². The fraction of sp³-hybridized carbons (Fsp3) is 0.333. The molecule has 24 heavy (non-hydrogen) atoms. The summed E-state index contributed by atoms with van der Waals surface area (Å²) < 4.78 is 11.5. The van der Waals surface area contributed by atoms with Gasteiger partial charge in [-0.2, -0.15) is 0 Å². The van der Waals surface area contributed by atoms with Crippen molar-refractivity contribution in [1.29, 1.82) is 0 Å². The summed E-state index contributed by atoms with van der Waals surface area (Å²) in [5.41, 5.74) is 1.54. The van der Waals surface area contributed by atoms with E-state index >= 15 is 0 Å². The van der Waals surface area contributed by atoms with E-state index in [9.17, 15) is 9.59 Å². The predicted molar refractivity (Wildman–Crippen MR) is 83.4 cm³/mol. The maximum absolute atomic E-state index is 12.1. The molecule has 0 radical (unpaired) electrons. The Morgan fingerprint density at radius 1 is 1.29 bits per heavy atom. The number of aliphatic carboxylic acids is 1. The molecule has 0 fully saturated rings. The van der Waals surface area contributed by atoms with Crippen molar-refractivity contribution >= 4 is 11.9 Å². The van der Waals surface area contributed by atoms with Gasteiger partial charge in [0.2, 0.25) is 0 Å². The number of nitrogens with zero attached hydrogens (tertiary/aromatic N) is 3. The molecule has 2 aromatic rings. The number of carboxylic acids is 1. The summed E-state index contributed by atoms with van der Waals surface area (Å²) in [7, 11) is 1.58. The van der Waals surface area contributed by atoms with E-state index in [1.54, 1.807) is 30.8 Å². The van der Waals surface area contributed by atoms with Gasteiger partial charge in [0.25, 0.3) is 5.91 Å². The van der Waals surface area contributed by atoms with E-state index in [1.807, 2.05) is 12.1 Å². The van der Waals surface area contributed by atoms with Gasteiger partial charge in [0, 0.05) is 6.54 Å². The predicted octanol–water partition coefficient (Wildman–Crippen LogP) is 0.415.